The second-order valence-corrected chi connectivity index (χ2v) is 5.16. The second-order valence-electron chi connectivity index (χ2n) is 4.30. The van der Waals surface area contributed by atoms with Crippen LogP contribution in [0.1, 0.15) is 29.6 Å². The van der Waals surface area contributed by atoms with Gasteiger partial charge in [-0.2, -0.15) is 0 Å². The lowest BCUT2D eigenvalue weighted by molar-refractivity contribution is 0.0934. The van der Waals surface area contributed by atoms with Crippen LogP contribution in [0.25, 0.3) is 0 Å². The lowest BCUT2D eigenvalue weighted by atomic mass is 10.1. The van der Waals surface area contributed by atoms with Gasteiger partial charge in [-0.25, -0.2) is 4.39 Å². The second kappa shape index (κ2) is 5.14. The Morgan fingerprint density at radius 3 is 2.82 bits per heavy atom. The molecular weight excluding hydrogens is 287 g/mol. The van der Waals surface area contributed by atoms with Gasteiger partial charge in [0.05, 0.1) is 4.47 Å². The van der Waals surface area contributed by atoms with Crippen molar-refractivity contribution in [1.82, 2.24) is 5.32 Å². The van der Waals surface area contributed by atoms with Crippen molar-refractivity contribution in [1.29, 1.82) is 0 Å². The van der Waals surface area contributed by atoms with Gasteiger partial charge in [0, 0.05) is 17.6 Å². The molecule has 1 aliphatic rings. The van der Waals surface area contributed by atoms with E-state index in [-0.39, 0.29) is 18.0 Å². The largest absolute Gasteiger partial charge is 0.348 e. The number of amides is 1. The lowest BCUT2D eigenvalue weighted by Crippen LogP contribution is -2.43. The van der Waals surface area contributed by atoms with Crippen molar-refractivity contribution in [2.45, 2.75) is 31.3 Å². The first-order valence-corrected chi connectivity index (χ1v) is 6.38. The molecule has 0 aliphatic heterocycles. The zero-order valence-electron chi connectivity index (χ0n) is 9.25. The first-order chi connectivity index (χ1) is 8.08. The number of carbonyl (C=O) groups excluding carboxylic acids is 1. The standard InChI is InChI=1S/C12H14BrFN2O/c13-8-5-4-7(6-9(8)14)12(17)16-11-3-1-2-10(11)15/h4-6,10-11H,1-3,15H2,(H,16,17). The minimum absolute atomic E-state index is 0.00853. The summed E-state index contributed by atoms with van der Waals surface area (Å²) in [6.07, 6.45) is 2.85. The lowest BCUT2D eigenvalue weighted by Gasteiger charge is -2.17. The summed E-state index contributed by atoms with van der Waals surface area (Å²) in [6, 6.07) is 4.36. The minimum Gasteiger partial charge on any atom is -0.348 e. The Kier molecular flexibility index (Phi) is 3.79. The zero-order valence-corrected chi connectivity index (χ0v) is 10.8. The van der Waals surface area contributed by atoms with E-state index in [1.807, 2.05) is 0 Å². The summed E-state index contributed by atoms with van der Waals surface area (Å²) < 4.78 is 13.6. The molecule has 0 saturated heterocycles. The molecule has 0 radical (unpaired) electrons. The fourth-order valence-electron chi connectivity index (χ4n) is 2.06. The van der Waals surface area contributed by atoms with Gasteiger partial charge in [0.15, 0.2) is 0 Å². The quantitative estimate of drug-likeness (QED) is 0.880. The number of nitrogens with two attached hydrogens (primary N) is 1. The van der Waals surface area contributed by atoms with Gasteiger partial charge in [-0.15, -0.1) is 0 Å². The van der Waals surface area contributed by atoms with Crippen molar-refractivity contribution >= 4 is 21.8 Å². The van der Waals surface area contributed by atoms with Crippen LogP contribution < -0.4 is 11.1 Å². The van der Waals surface area contributed by atoms with Gasteiger partial charge in [0.2, 0.25) is 0 Å². The molecule has 2 atom stereocenters. The zero-order chi connectivity index (χ0) is 12.4. The Morgan fingerprint density at radius 1 is 1.47 bits per heavy atom. The SMILES string of the molecule is NC1CCCC1NC(=O)c1ccc(Br)c(F)c1. The molecule has 92 valence electrons. The Labute approximate surface area is 108 Å². The third kappa shape index (κ3) is 2.84. The molecule has 2 unspecified atom stereocenters. The highest BCUT2D eigenvalue weighted by atomic mass is 79.9. The molecule has 0 bridgehead atoms. The number of rotatable bonds is 2. The molecule has 3 nitrogen and oxygen atoms in total. The molecule has 1 saturated carbocycles. The van der Waals surface area contributed by atoms with E-state index < -0.39 is 5.82 Å². The van der Waals surface area contributed by atoms with E-state index in [1.165, 1.54) is 12.1 Å². The number of hydrogen-bond acceptors (Lipinski definition) is 2. The highest BCUT2D eigenvalue weighted by Gasteiger charge is 2.25. The van der Waals surface area contributed by atoms with Gasteiger partial charge >= 0.3 is 0 Å². The Hall–Kier alpha value is -0.940. The van der Waals surface area contributed by atoms with E-state index in [1.54, 1.807) is 6.07 Å². The molecular formula is C12H14BrFN2O. The van der Waals surface area contributed by atoms with E-state index >= 15 is 0 Å². The summed E-state index contributed by atoms with van der Waals surface area (Å²) in [6.45, 7) is 0. The van der Waals surface area contributed by atoms with E-state index in [0.717, 1.165) is 19.3 Å². The fourth-order valence-corrected chi connectivity index (χ4v) is 2.30. The summed E-state index contributed by atoms with van der Waals surface area (Å²) in [4.78, 5) is 11.9. The third-order valence-corrected chi connectivity index (χ3v) is 3.71. The maximum atomic E-state index is 13.3. The van der Waals surface area contributed by atoms with Crippen molar-refractivity contribution < 1.29 is 9.18 Å². The monoisotopic (exact) mass is 300 g/mol. The first-order valence-electron chi connectivity index (χ1n) is 5.59. The van der Waals surface area contributed by atoms with Gasteiger partial charge in [-0.05, 0) is 53.4 Å². The number of hydrogen-bond donors (Lipinski definition) is 2. The van der Waals surface area contributed by atoms with Crippen molar-refractivity contribution in [2.75, 3.05) is 0 Å². The van der Waals surface area contributed by atoms with Crippen molar-refractivity contribution in [3.8, 4) is 0 Å². The van der Waals surface area contributed by atoms with Crippen molar-refractivity contribution in [2.24, 2.45) is 5.73 Å². The molecule has 3 N–H and O–H groups in total. The van der Waals surface area contributed by atoms with Crippen LogP contribution in [0.2, 0.25) is 0 Å². The maximum absolute atomic E-state index is 13.3. The summed E-state index contributed by atoms with van der Waals surface area (Å²) in [5.74, 6) is -0.702. The number of benzene rings is 1. The number of carbonyl (C=O) groups is 1. The molecule has 1 aliphatic carbocycles. The maximum Gasteiger partial charge on any atom is 0.251 e. The molecule has 5 heteroatoms. The predicted molar refractivity (Wildman–Crippen MR) is 67.2 cm³/mol. The molecule has 2 rings (SSSR count). The van der Waals surface area contributed by atoms with Crippen LogP contribution in [0.15, 0.2) is 22.7 Å². The van der Waals surface area contributed by atoms with Gasteiger partial charge < -0.3 is 11.1 Å². The average molecular weight is 301 g/mol. The van der Waals surface area contributed by atoms with Crippen LogP contribution in [0.4, 0.5) is 4.39 Å². The first kappa shape index (κ1) is 12.5. The van der Waals surface area contributed by atoms with Gasteiger partial charge in [-0.1, -0.05) is 0 Å². The molecule has 1 amide bonds. The Morgan fingerprint density at radius 2 is 2.24 bits per heavy atom. The smallest absolute Gasteiger partial charge is 0.251 e. The molecule has 0 aromatic heterocycles. The van der Waals surface area contributed by atoms with E-state index in [2.05, 4.69) is 21.2 Å². The molecule has 1 fully saturated rings. The molecule has 1 aromatic rings. The van der Waals surface area contributed by atoms with Crippen LogP contribution in [-0.2, 0) is 0 Å². The summed E-state index contributed by atoms with van der Waals surface area (Å²) >= 11 is 3.05. The molecule has 17 heavy (non-hydrogen) atoms. The normalized spacial score (nSPS) is 23.7. The molecule has 0 spiro atoms. The Bertz CT molecular complexity index is 439. The Balaban J connectivity index is 2.06. The summed E-state index contributed by atoms with van der Waals surface area (Å²) in [7, 11) is 0. The van der Waals surface area contributed by atoms with Crippen LogP contribution in [0, 0.1) is 5.82 Å². The topological polar surface area (TPSA) is 55.1 Å². The van der Waals surface area contributed by atoms with Gasteiger partial charge in [0.25, 0.3) is 5.91 Å². The van der Waals surface area contributed by atoms with Crippen LogP contribution in [0.3, 0.4) is 0 Å². The van der Waals surface area contributed by atoms with Gasteiger partial charge in [0.1, 0.15) is 5.82 Å². The van der Waals surface area contributed by atoms with E-state index in [0.29, 0.717) is 10.0 Å². The predicted octanol–water partition coefficient (Wildman–Crippen LogP) is 2.20. The van der Waals surface area contributed by atoms with E-state index in [9.17, 15) is 9.18 Å². The molecule has 0 heterocycles. The van der Waals surface area contributed by atoms with E-state index in [4.69, 9.17) is 5.73 Å². The molecule has 1 aromatic carbocycles. The minimum atomic E-state index is -0.437. The fraction of sp³-hybridized carbons (Fsp3) is 0.417. The van der Waals surface area contributed by atoms with Crippen LogP contribution >= 0.6 is 15.9 Å². The number of nitrogens with one attached hydrogen (secondary N) is 1. The average Bonchev–Trinajstić information content (AvgIpc) is 2.68. The highest BCUT2D eigenvalue weighted by Crippen LogP contribution is 2.19. The number of halogens is 2. The van der Waals surface area contributed by atoms with Crippen molar-refractivity contribution in [3.05, 3.63) is 34.1 Å². The summed E-state index contributed by atoms with van der Waals surface area (Å²) in [5.41, 5.74) is 6.19. The van der Waals surface area contributed by atoms with Crippen LogP contribution in [-0.4, -0.2) is 18.0 Å². The summed E-state index contributed by atoms with van der Waals surface area (Å²) in [5, 5.41) is 2.85. The van der Waals surface area contributed by atoms with Crippen molar-refractivity contribution in [3.63, 3.8) is 0 Å². The highest BCUT2D eigenvalue weighted by molar-refractivity contribution is 9.10. The van der Waals surface area contributed by atoms with Crippen LogP contribution in [0.5, 0.6) is 0 Å². The third-order valence-electron chi connectivity index (χ3n) is 3.07. The van der Waals surface area contributed by atoms with Gasteiger partial charge in [-0.3, -0.25) is 4.79 Å².